The molecule has 2 atom stereocenters. The Morgan fingerprint density at radius 2 is 1.92 bits per heavy atom. The molecule has 1 aromatic heterocycles. The van der Waals surface area contributed by atoms with Crippen LogP contribution in [-0.2, 0) is 15.8 Å². The number of aromatic nitrogens is 1. The zero-order valence-corrected chi connectivity index (χ0v) is 20.2. The molecule has 2 aromatic carbocycles. The fourth-order valence-corrected chi connectivity index (χ4v) is 4.15. The number of aromatic hydroxyl groups is 1. The summed E-state index contributed by atoms with van der Waals surface area (Å²) in [6, 6.07) is 11.5. The summed E-state index contributed by atoms with van der Waals surface area (Å²) in [7, 11) is 1.38. The first-order valence-corrected chi connectivity index (χ1v) is 11.3. The van der Waals surface area contributed by atoms with E-state index in [9.17, 15) is 24.2 Å². The van der Waals surface area contributed by atoms with Crippen molar-refractivity contribution < 1.29 is 33.7 Å². The lowest BCUT2D eigenvalue weighted by Gasteiger charge is -2.26. The van der Waals surface area contributed by atoms with Gasteiger partial charge in [-0.25, -0.2) is 9.37 Å². The summed E-state index contributed by atoms with van der Waals surface area (Å²) in [6.45, 7) is 3.18. The Labute approximate surface area is 207 Å². The molecule has 0 fully saturated rings. The molecular weight excluding hydrogens is 467 g/mol. The second-order valence-electron chi connectivity index (χ2n) is 9.31. The van der Waals surface area contributed by atoms with Gasteiger partial charge in [0.15, 0.2) is 17.3 Å². The van der Waals surface area contributed by atoms with Crippen LogP contribution in [0.3, 0.4) is 0 Å². The molecular formula is C27H27FN2O6. The molecule has 1 aliphatic rings. The number of hydrogen-bond acceptors (Lipinski definition) is 7. The van der Waals surface area contributed by atoms with Gasteiger partial charge >= 0.3 is 0 Å². The smallest absolute Gasteiger partial charge is 0.231 e. The summed E-state index contributed by atoms with van der Waals surface area (Å²) in [5, 5.41) is 21.2. The van der Waals surface area contributed by atoms with Crippen molar-refractivity contribution in [1.82, 2.24) is 4.98 Å². The number of primary amides is 1. The average Bonchev–Trinajstić information content (AvgIpc) is 3.21. The second kappa shape index (κ2) is 9.23. The van der Waals surface area contributed by atoms with E-state index in [0.717, 1.165) is 0 Å². The van der Waals surface area contributed by atoms with Gasteiger partial charge in [0.05, 0.1) is 12.8 Å². The molecule has 9 heteroatoms. The minimum absolute atomic E-state index is 0.000306. The Hall–Kier alpha value is -3.98. The molecule has 0 saturated carbocycles. The molecule has 1 amide bonds. The van der Waals surface area contributed by atoms with Gasteiger partial charge in [0.1, 0.15) is 34.9 Å². The standard InChI is InChI=1S/C27H27FN2O6/c1-26(25(29)33)14-36-24-18(26)13-22(30-23(24)15-4-7-17(28)8-5-15)27(2,34)11-10-19(31)16-6-9-20(32)21(12-16)35-3/h4-9,12-13,32,34H,10-11,14H2,1-3H3,(H2,29,33)/t26-,27-/m0/s1. The molecule has 0 aliphatic carbocycles. The van der Waals surface area contributed by atoms with Crippen LogP contribution in [0.1, 0.15) is 48.3 Å². The third-order valence-electron chi connectivity index (χ3n) is 6.63. The lowest BCUT2D eigenvalue weighted by Crippen LogP contribution is -2.40. The number of amides is 1. The van der Waals surface area contributed by atoms with Gasteiger partial charge < -0.3 is 25.4 Å². The fraction of sp³-hybridized carbons (Fsp3) is 0.296. The maximum Gasteiger partial charge on any atom is 0.231 e. The van der Waals surface area contributed by atoms with Crippen molar-refractivity contribution in [3.05, 3.63) is 71.2 Å². The molecule has 3 aromatic rings. The third-order valence-corrected chi connectivity index (χ3v) is 6.63. The number of hydrogen-bond donors (Lipinski definition) is 3. The maximum absolute atomic E-state index is 13.6. The van der Waals surface area contributed by atoms with Crippen LogP contribution in [0, 0.1) is 5.82 Å². The van der Waals surface area contributed by atoms with Crippen molar-refractivity contribution in [1.29, 1.82) is 0 Å². The zero-order chi connectivity index (χ0) is 26.3. The van der Waals surface area contributed by atoms with Crippen LogP contribution < -0.4 is 15.2 Å². The van der Waals surface area contributed by atoms with Crippen molar-refractivity contribution >= 4 is 11.7 Å². The van der Waals surface area contributed by atoms with E-state index < -0.39 is 22.7 Å². The number of carbonyl (C=O) groups is 2. The first kappa shape index (κ1) is 25.1. The van der Waals surface area contributed by atoms with Gasteiger partial charge in [-0.2, -0.15) is 0 Å². The van der Waals surface area contributed by atoms with E-state index in [2.05, 4.69) is 4.98 Å². The molecule has 4 rings (SSSR count). The predicted octanol–water partition coefficient (Wildman–Crippen LogP) is 3.61. The molecule has 0 radical (unpaired) electrons. The minimum atomic E-state index is -1.57. The van der Waals surface area contributed by atoms with Crippen molar-refractivity contribution in [3.8, 4) is 28.5 Å². The Morgan fingerprint density at radius 1 is 1.22 bits per heavy atom. The number of nitrogens with zero attached hydrogens (tertiary/aromatic N) is 1. The number of benzene rings is 2. The van der Waals surface area contributed by atoms with Crippen LogP contribution in [0.5, 0.6) is 17.2 Å². The molecule has 188 valence electrons. The summed E-state index contributed by atoms with van der Waals surface area (Å²) < 4.78 is 24.4. The summed E-state index contributed by atoms with van der Waals surface area (Å²) in [4.78, 5) is 29.8. The zero-order valence-electron chi connectivity index (χ0n) is 20.2. The number of methoxy groups -OCH3 is 1. The Kier molecular flexibility index (Phi) is 6.44. The van der Waals surface area contributed by atoms with Crippen molar-refractivity contribution in [3.63, 3.8) is 0 Å². The Bertz CT molecular complexity index is 1340. The summed E-state index contributed by atoms with van der Waals surface area (Å²) in [6.07, 6.45) is -0.0209. The Morgan fingerprint density at radius 3 is 2.56 bits per heavy atom. The quantitative estimate of drug-likeness (QED) is 0.408. The highest BCUT2D eigenvalue weighted by molar-refractivity contribution is 5.96. The molecule has 36 heavy (non-hydrogen) atoms. The van der Waals surface area contributed by atoms with E-state index >= 15 is 0 Å². The number of nitrogens with two attached hydrogens (primary N) is 1. The summed E-state index contributed by atoms with van der Waals surface area (Å²) in [5.41, 5.74) is 4.84. The third kappa shape index (κ3) is 4.49. The average molecular weight is 495 g/mol. The van der Waals surface area contributed by atoms with Crippen molar-refractivity contribution in [2.24, 2.45) is 5.73 Å². The highest BCUT2D eigenvalue weighted by Crippen LogP contribution is 2.46. The predicted molar refractivity (Wildman–Crippen MR) is 129 cm³/mol. The molecule has 2 heterocycles. The molecule has 0 bridgehead atoms. The second-order valence-corrected chi connectivity index (χ2v) is 9.31. The van der Waals surface area contributed by atoms with E-state index in [1.807, 2.05) is 0 Å². The monoisotopic (exact) mass is 494 g/mol. The van der Waals surface area contributed by atoms with E-state index in [1.54, 1.807) is 13.0 Å². The molecule has 8 nitrogen and oxygen atoms in total. The van der Waals surface area contributed by atoms with E-state index in [0.29, 0.717) is 28.1 Å². The Balaban J connectivity index is 1.70. The van der Waals surface area contributed by atoms with Gasteiger partial charge in [-0.1, -0.05) is 0 Å². The number of aliphatic hydroxyl groups is 1. The van der Waals surface area contributed by atoms with Crippen LogP contribution in [0.2, 0.25) is 0 Å². The number of fused-ring (bicyclic) bond motifs is 1. The van der Waals surface area contributed by atoms with Gasteiger partial charge in [-0.15, -0.1) is 0 Å². The fourth-order valence-electron chi connectivity index (χ4n) is 4.15. The van der Waals surface area contributed by atoms with E-state index in [4.69, 9.17) is 15.2 Å². The number of ketones is 1. The van der Waals surface area contributed by atoms with Gasteiger partial charge in [0, 0.05) is 23.1 Å². The largest absolute Gasteiger partial charge is 0.504 e. The van der Waals surface area contributed by atoms with Gasteiger partial charge in [-0.05, 0) is 68.8 Å². The number of halogens is 1. The molecule has 0 unspecified atom stereocenters. The highest BCUT2D eigenvalue weighted by Gasteiger charge is 2.45. The molecule has 1 aliphatic heterocycles. The molecule has 4 N–H and O–H groups in total. The van der Waals surface area contributed by atoms with Crippen molar-refractivity contribution in [2.75, 3.05) is 13.7 Å². The first-order chi connectivity index (χ1) is 17.0. The lowest BCUT2D eigenvalue weighted by atomic mass is 9.81. The number of phenols is 1. The number of carbonyl (C=O) groups excluding carboxylic acids is 2. The first-order valence-electron chi connectivity index (χ1n) is 11.3. The number of rotatable bonds is 8. The van der Waals surface area contributed by atoms with Gasteiger partial charge in [0.25, 0.3) is 0 Å². The van der Waals surface area contributed by atoms with Crippen LogP contribution in [0.15, 0.2) is 48.5 Å². The van der Waals surface area contributed by atoms with Crippen LogP contribution in [-0.4, -0.2) is 40.6 Å². The summed E-state index contributed by atoms with van der Waals surface area (Å²) >= 11 is 0. The van der Waals surface area contributed by atoms with E-state index in [-0.39, 0.29) is 42.4 Å². The van der Waals surface area contributed by atoms with Gasteiger partial charge in [0.2, 0.25) is 5.91 Å². The minimum Gasteiger partial charge on any atom is -0.504 e. The topological polar surface area (TPSA) is 132 Å². The van der Waals surface area contributed by atoms with E-state index in [1.165, 1.54) is 56.5 Å². The number of ether oxygens (including phenoxy) is 2. The van der Waals surface area contributed by atoms with Crippen molar-refractivity contribution in [2.45, 2.75) is 37.7 Å². The number of pyridine rings is 1. The van der Waals surface area contributed by atoms with Gasteiger partial charge in [-0.3, -0.25) is 9.59 Å². The number of Topliss-reactive ketones (excluding diaryl/α,β-unsaturated/α-hetero) is 1. The SMILES string of the molecule is COc1cc(C(=O)CC[C@](C)(O)c2cc3c(c(-c4ccc(F)cc4)n2)OC[C@]3(C)C(N)=O)ccc1O. The number of phenolic OH excluding ortho intramolecular Hbond substituents is 1. The van der Waals surface area contributed by atoms with Crippen LogP contribution >= 0.6 is 0 Å². The molecule has 0 saturated heterocycles. The summed E-state index contributed by atoms with van der Waals surface area (Å²) in [5.74, 6) is -0.863. The highest BCUT2D eigenvalue weighted by atomic mass is 19.1. The van der Waals surface area contributed by atoms with Crippen LogP contribution in [0.4, 0.5) is 4.39 Å². The lowest BCUT2D eigenvalue weighted by molar-refractivity contribution is -0.123. The van der Waals surface area contributed by atoms with Crippen LogP contribution in [0.25, 0.3) is 11.3 Å². The normalized spacial score (nSPS) is 18.1. The maximum atomic E-state index is 13.6. The molecule has 0 spiro atoms.